The minimum atomic E-state index is 0.892. The fraction of sp³-hybridized carbons (Fsp3) is 0.500. The molecule has 0 saturated carbocycles. The largest absolute Gasteiger partial charge is 0.313 e. The van der Waals surface area contributed by atoms with Gasteiger partial charge < -0.3 is 5.32 Å². The van der Waals surface area contributed by atoms with Crippen molar-refractivity contribution in [2.24, 2.45) is 0 Å². The lowest BCUT2D eigenvalue weighted by Gasteiger charge is -2.07. The van der Waals surface area contributed by atoms with E-state index in [-0.39, 0.29) is 0 Å². The molecule has 3 heteroatoms. The van der Waals surface area contributed by atoms with Crippen molar-refractivity contribution >= 4 is 0 Å². The number of hydrogen-bond acceptors (Lipinski definition) is 2. The first-order valence-corrected chi connectivity index (χ1v) is 8.02. The van der Waals surface area contributed by atoms with Crippen LogP contribution in [-0.4, -0.2) is 16.3 Å². The summed E-state index contributed by atoms with van der Waals surface area (Å²) < 4.78 is 2.06. The lowest BCUT2D eigenvalue weighted by Crippen LogP contribution is -2.13. The first-order valence-electron chi connectivity index (χ1n) is 8.02. The van der Waals surface area contributed by atoms with E-state index in [1.54, 1.807) is 0 Å². The number of unbranched alkanes of at least 4 members (excludes halogenated alkanes) is 1. The second-order valence-corrected chi connectivity index (χ2v) is 5.61. The molecular formula is C18H27N3. The molecule has 0 aliphatic carbocycles. The molecule has 0 spiro atoms. The molecule has 0 unspecified atom stereocenters. The van der Waals surface area contributed by atoms with E-state index in [0.717, 1.165) is 24.5 Å². The minimum Gasteiger partial charge on any atom is -0.313 e. The molecule has 1 N–H and O–H groups in total. The molecule has 0 bridgehead atoms. The SMILES string of the molecule is CCCCc1ccc(-n2nc(C)c(CNCC)c2C)cc1. The van der Waals surface area contributed by atoms with E-state index in [4.69, 9.17) is 5.10 Å². The molecule has 2 rings (SSSR count). The second-order valence-electron chi connectivity index (χ2n) is 5.61. The van der Waals surface area contributed by atoms with Gasteiger partial charge in [0.15, 0.2) is 0 Å². The van der Waals surface area contributed by atoms with Gasteiger partial charge in [0, 0.05) is 17.8 Å². The maximum Gasteiger partial charge on any atom is 0.0649 e. The number of aryl methyl sites for hydroxylation is 2. The summed E-state index contributed by atoms with van der Waals surface area (Å²) in [6.45, 7) is 10.5. The highest BCUT2D eigenvalue weighted by Crippen LogP contribution is 2.18. The van der Waals surface area contributed by atoms with Crippen LogP contribution in [0.2, 0.25) is 0 Å². The monoisotopic (exact) mass is 285 g/mol. The third-order valence-corrected chi connectivity index (χ3v) is 3.99. The first-order chi connectivity index (χ1) is 10.2. The highest BCUT2D eigenvalue weighted by molar-refractivity contribution is 5.38. The summed E-state index contributed by atoms with van der Waals surface area (Å²) in [7, 11) is 0. The summed E-state index contributed by atoms with van der Waals surface area (Å²) in [5, 5.41) is 8.09. The molecule has 2 aromatic rings. The molecule has 1 heterocycles. The van der Waals surface area contributed by atoms with Crippen molar-refractivity contribution in [3.63, 3.8) is 0 Å². The number of nitrogens with zero attached hydrogens (tertiary/aromatic N) is 2. The molecule has 21 heavy (non-hydrogen) atoms. The predicted molar refractivity (Wildman–Crippen MR) is 89.0 cm³/mol. The van der Waals surface area contributed by atoms with Gasteiger partial charge in [0.05, 0.1) is 11.4 Å². The van der Waals surface area contributed by atoms with E-state index in [0.29, 0.717) is 0 Å². The van der Waals surface area contributed by atoms with Gasteiger partial charge in [-0.25, -0.2) is 4.68 Å². The summed E-state index contributed by atoms with van der Waals surface area (Å²) >= 11 is 0. The van der Waals surface area contributed by atoms with Crippen molar-refractivity contribution in [2.45, 2.75) is 53.5 Å². The molecule has 1 aromatic heterocycles. The Morgan fingerprint density at radius 2 is 1.81 bits per heavy atom. The van der Waals surface area contributed by atoms with Gasteiger partial charge in [0.1, 0.15) is 0 Å². The predicted octanol–water partition coefficient (Wildman–Crippen LogP) is 3.94. The second kappa shape index (κ2) is 7.41. The van der Waals surface area contributed by atoms with Crippen LogP contribution in [0, 0.1) is 13.8 Å². The van der Waals surface area contributed by atoms with Crippen LogP contribution in [0.25, 0.3) is 5.69 Å². The van der Waals surface area contributed by atoms with Crippen molar-refractivity contribution in [1.29, 1.82) is 0 Å². The number of benzene rings is 1. The third kappa shape index (κ3) is 3.73. The zero-order valence-corrected chi connectivity index (χ0v) is 13.7. The van der Waals surface area contributed by atoms with Crippen LogP contribution in [-0.2, 0) is 13.0 Å². The Morgan fingerprint density at radius 3 is 2.43 bits per heavy atom. The zero-order chi connectivity index (χ0) is 15.2. The summed E-state index contributed by atoms with van der Waals surface area (Å²) in [5.74, 6) is 0. The van der Waals surface area contributed by atoms with E-state index in [1.807, 2.05) is 0 Å². The van der Waals surface area contributed by atoms with Crippen LogP contribution in [0.4, 0.5) is 0 Å². The molecule has 0 atom stereocenters. The molecule has 0 amide bonds. The van der Waals surface area contributed by atoms with E-state index >= 15 is 0 Å². The Hall–Kier alpha value is -1.61. The van der Waals surface area contributed by atoms with E-state index < -0.39 is 0 Å². The smallest absolute Gasteiger partial charge is 0.0649 e. The molecule has 3 nitrogen and oxygen atoms in total. The lowest BCUT2D eigenvalue weighted by atomic mass is 10.1. The molecule has 0 aliphatic heterocycles. The number of aromatic nitrogens is 2. The number of rotatable bonds is 7. The Bertz CT molecular complexity index is 567. The van der Waals surface area contributed by atoms with Crippen molar-refractivity contribution in [1.82, 2.24) is 15.1 Å². The first kappa shape index (κ1) is 15.8. The van der Waals surface area contributed by atoms with Crippen LogP contribution in [0.1, 0.15) is 49.2 Å². The van der Waals surface area contributed by atoms with Gasteiger partial charge in [0.2, 0.25) is 0 Å². The van der Waals surface area contributed by atoms with E-state index in [9.17, 15) is 0 Å². The fourth-order valence-electron chi connectivity index (χ4n) is 2.62. The molecule has 0 radical (unpaired) electrons. The average Bonchev–Trinajstić information content (AvgIpc) is 2.78. The molecule has 0 saturated heterocycles. The maximum absolute atomic E-state index is 4.70. The van der Waals surface area contributed by atoms with E-state index in [2.05, 4.69) is 62.0 Å². The topological polar surface area (TPSA) is 29.9 Å². The van der Waals surface area contributed by atoms with Crippen LogP contribution >= 0.6 is 0 Å². The van der Waals surface area contributed by atoms with Gasteiger partial charge in [-0.1, -0.05) is 32.4 Å². The fourth-order valence-corrected chi connectivity index (χ4v) is 2.62. The Balaban J connectivity index is 2.21. The van der Waals surface area contributed by atoms with Crippen molar-refractivity contribution < 1.29 is 0 Å². The minimum absolute atomic E-state index is 0.892. The van der Waals surface area contributed by atoms with Gasteiger partial charge in [0.25, 0.3) is 0 Å². The van der Waals surface area contributed by atoms with Gasteiger partial charge >= 0.3 is 0 Å². The lowest BCUT2D eigenvalue weighted by molar-refractivity contribution is 0.719. The van der Waals surface area contributed by atoms with Crippen LogP contribution in [0.15, 0.2) is 24.3 Å². The van der Waals surface area contributed by atoms with Gasteiger partial charge in [-0.2, -0.15) is 5.10 Å². The normalized spacial score (nSPS) is 11.0. The zero-order valence-electron chi connectivity index (χ0n) is 13.7. The average molecular weight is 285 g/mol. The highest BCUT2D eigenvalue weighted by Gasteiger charge is 2.12. The third-order valence-electron chi connectivity index (χ3n) is 3.99. The summed E-state index contributed by atoms with van der Waals surface area (Å²) in [6.07, 6.45) is 3.67. The Morgan fingerprint density at radius 1 is 1.10 bits per heavy atom. The number of nitrogens with one attached hydrogen (secondary N) is 1. The van der Waals surface area contributed by atoms with Crippen molar-refractivity contribution in [3.05, 3.63) is 46.8 Å². The van der Waals surface area contributed by atoms with Crippen molar-refractivity contribution in [2.75, 3.05) is 6.54 Å². The summed E-state index contributed by atoms with van der Waals surface area (Å²) in [5.41, 5.74) is 6.22. The standard InChI is InChI=1S/C18H27N3/c1-5-7-8-16-9-11-17(12-10-16)21-15(4)18(13-19-6-2)14(3)20-21/h9-12,19H,5-8,13H2,1-4H3. The Kier molecular flexibility index (Phi) is 5.57. The quantitative estimate of drug-likeness (QED) is 0.835. The molecule has 114 valence electrons. The van der Waals surface area contributed by atoms with Gasteiger partial charge in [-0.3, -0.25) is 0 Å². The maximum atomic E-state index is 4.70. The van der Waals surface area contributed by atoms with Gasteiger partial charge in [-0.05, 0) is 50.9 Å². The Labute approximate surface area is 128 Å². The molecule has 0 fully saturated rings. The van der Waals surface area contributed by atoms with Gasteiger partial charge in [-0.15, -0.1) is 0 Å². The van der Waals surface area contributed by atoms with Crippen LogP contribution < -0.4 is 5.32 Å². The highest BCUT2D eigenvalue weighted by atomic mass is 15.3. The van der Waals surface area contributed by atoms with Crippen LogP contribution in [0.5, 0.6) is 0 Å². The van der Waals surface area contributed by atoms with Crippen molar-refractivity contribution in [3.8, 4) is 5.69 Å². The summed E-state index contributed by atoms with van der Waals surface area (Å²) in [4.78, 5) is 0. The van der Waals surface area contributed by atoms with E-state index in [1.165, 1.54) is 36.1 Å². The molecular weight excluding hydrogens is 258 g/mol. The van der Waals surface area contributed by atoms with Crippen LogP contribution in [0.3, 0.4) is 0 Å². The molecule has 1 aromatic carbocycles. The summed E-state index contributed by atoms with van der Waals surface area (Å²) in [6, 6.07) is 8.82. The molecule has 0 aliphatic rings. The number of hydrogen-bond donors (Lipinski definition) is 1.